The zero-order valence-corrected chi connectivity index (χ0v) is 11.8. The van der Waals surface area contributed by atoms with Crippen LogP contribution in [0.4, 0.5) is 13.2 Å². The van der Waals surface area contributed by atoms with Gasteiger partial charge in [0.25, 0.3) is 0 Å². The summed E-state index contributed by atoms with van der Waals surface area (Å²) in [6.07, 6.45) is -0.414. The Morgan fingerprint density at radius 1 is 1.50 bits per heavy atom. The maximum absolute atomic E-state index is 12.5. The molecule has 8 heteroatoms. The summed E-state index contributed by atoms with van der Waals surface area (Å²) in [6.45, 7) is 0. The Kier molecular flexibility index (Phi) is 5.72. The fraction of sp³-hybridized carbons (Fsp3) is 0.333. The largest absolute Gasteiger partial charge is 0.469 e. The van der Waals surface area contributed by atoms with E-state index in [1.165, 1.54) is 12.1 Å². The Hall–Kier alpha value is -1.39. The molecule has 0 saturated heterocycles. The number of benzene rings is 1. The smallest absolute Gasteiger partial charge is 0.446 e. The Morgan fingerprint density at radius 3 is 2.60 bits per heavy atom. The number of hydrogen-bond acceptors (Lipinski definition) is 4. The van der Waals surface area contributed by atoms with Gasteiger partial charge in [0.15, 0.2) is 0 Å². The van der Waals surface area contributed by atoms with Crippen molar-refractivity contribution in [2.75, 3.05) is 7.11 Å². The molecule has 20 heavy (non-hydrogen) atoms. The van der Waals surface area contributed by atoms with Crippen LogP contribution in [0.2, 0.25) is 0 Å². The fourth-order valence-electron chi connectivity index (χ4n) is 1.54. The SMILES string of the molecule is COC(=O)Cc1c(SC(F)(F)F)ccc(CCl)c1C#N. The first-order chi connectivity index (χ1) is 9.32. The van der Waals surface area contributed by atoms with Crippen molar-refractivity contribution < 1.29 is 22.7 Å². The van der Waals surface area contributed by atoms with E-state index in [9.17, 15) is 18.0 Å². The highest BCUT2D eigenvalue weighted by atomic mass is 35.5. The second kappa shape index (κ2) is 6.86. The van der Waals surface area contributed by atoms with Gasteiger partial charge in [-0.2, -0.15) is 18.4 Å². The summed E-state index contributed by atoms with van der Waals surface area (Å²) in [5.74, 6) is -0.758. The second-order valence-corrected chi connectivity index (χ2v) is 5.00. The van der Waals surface area contributed by atoms with Crippen molar-refractivity contribution in [1.82, 2.24) is 0 Å². The first-order valence-corrected chi connectivity index (χ1v) is 6.60. The number of ether oxygens (including phenoxy) is 1. The highest BCUT2D eigenvalue weighted by Gasteiger charge is 2.31. The summed E-state index contributed by atoms with van der Waals surface area (Å²) in [4.78, 5) is 11.1. The minimum absolute atomic E-state index is 0.0141. The van der Waals surface area contributed by atoms with E-state index in [1.807, 2.05) is 0 Å². The molecule has 0 bridgehead atoms. The summed E-state index contributed by atoms with van der Waals surface area (Å²) in [5.41, 5.74) is -4.17. The number of nitrogens with zero attached hydrogens (tertiary/aromatic N) is 1. The van der Waals surface area contributed by atoms with E-state index in [0.29, 0.717) is 5.56 Å². The van der Waals surface area contributed by atoms with E-state index in [0.717, 1.165) is 7.11 Å². The molecule has 0 spiro atoms. The van der Waals surface area contributed by atoms with Gasteiger partial charge in [0, 0.05) is 10.8 Å². The first kappa shape index (κ1) is 16.7. The lowest BCUT2D eigenvalue weighted by molar-refractivity contribution is -0.139. The maximum atomic E-state index is 12.5. The number of hydrogen-bond donors (Lipinski definition) is 0. The molecule has 1 aromatic rings. The summed E-state index contributed by atoms with van der Waals surface area (Å²) in [7, 11) is 1.12. The third-order valence-corrected chi connectivity index (χ3v) is 3.51. The molecule has 0 aliphatic heterocycles. The van der Waals surface area contributed by atoms with Gasteiger partial charge in [-0.25, -0.2) is 0 Å². The molecule has 0 unspecified atom stereocenters. The number of carbonyl (C=O) groups excluding carboxylic acids is 1. The molecule has 0 heterocycles. The van der Waals surface area contributed by atoms with Gasteiger partial charge in [-0.3, -0.25) is 4.79 Å². The second-order valence-electron chi connectivity index (χ2n) is 3.62. The van der Waals surface area contributed by atoms with Crippen LogP contribution in [0.3, 0.4) is 0 Å². The van der Waals surface area contributed by atoms with Crippen molar-refractivity contribution in [2.45, 2.75) is 22.7 Å². The number of thioether (sulfide) groups is 1. The molecule has 0 atom stereocenters. The minimum atomic E-state index is -4.51. The zero-order valence-electron chi connectivity index (χ0n) is 10.3. The Balaban J connectivity index is 3.36. The fourth-order valence-corrected chi connectivity index (χ4v) is 2.45. The van der Waals surface area contributed by atoms with Crippen LogP contribution in [-0.4, -0.2) is 18.6 Å². The highest BCUT2D eigenvalue weighted by molar-refractivity contribution is 8.00. The molecule has 0 N–H and O–H groups in total. The van der Waals surface area contributed by atoms with Gasteiger partial charge < -0.3 is 4.74 Å². The lowest BCUT2D eigenvalue weighted by Crippen LogP contribution is -2.10. The van der Waals surface area contributed by atoms with Crippen LogP contribution in [0, 0.1) is 11.3 Å². The Bertz CT molecular complexity index is 555. The van der Waals surface area contributed by atoms with E-state index in [4.69, 9.17) is 16.9 Å². The van der Waals surface area contributed by atoms with E-state index >= 15 is 0 Å². The normalized spacial score (nSPS) is 11.0. The number of halogens is 4. The van der Waals surface area contributed by atoms with E-state index in [-0.39, 0.29) is 33.7 Å². The molecule has 0 aliphatic carbocycles. The number of methoxy groups -OCH3 is 1. The molecule has 0 saturated carbocycles. The van der Waals surface area contributed by atoms with Crippen molar-refractivity contribution in [2.24, 2.45) is 0 Å². The Labute approximate surface area is 122 Å². The first-order valence-electron chi connectivity index (χ1n) is 5.25. The van der Waals surface area contributed by atoms with Crippen LogP contribution in [0.5, 0.6) is 0 Å². The van der Waals surface area contributed by atoms with Crippen molar-refractivity contribution in [3.8, 4) is 6.07 Å². The summed E-state index contributed by atoms with van der Waals surface area (Å²) in [5, 5.41) is 9.09. The number of rotatable bonds is 4. The molecular formula is C12H9ClF3NO2S. The topological polar surface area (TPSA) is 50.1 Å². The third-order valence-electron chi connectivity index (χ3n) is 2.39. The van der Waals surface area contributed by atoms with Crippen LogP contribution >= 0.6 is 23.4 Å². The van der Waals surface area contributed by atoms with Gasteiger partial charge in [-0.1, -0.05) is 6.07 Å². The summed E-state index contributed by atoms with van der Waals surface area (Å²) >= 11 is 5.27. The molecule has 1 rings (SSSR count). The van der Waals surface area contributed by atoms with Crippen molar-refractivity contribution in [1.29, 1.82) is 5.26 Å². The zero-order chi connectivity index (χ0) is 15.3. The van der Waals surface area contributed by atoms with Crippen LogP contribution in [0.25, 0.3) is 0 Å². The average molecular weight is 324 g/mol. The van der Waals surface area contributed by atoms with E-state index in [2.05, 4.69) is 4.74 Å². The molecule has 0 amide bonds. The summed E-state index contributed by atoms with van der Waals surface area (Å²) < 4.78 is 41.9. The van der Waals surface area contributed by atoms with Gasteiger partial charge >= 0.3 is 11.5 Å². The van der Waals surface area contributed by atoms with Crippen LogP contribution in [0.1, 0.15) is 16.7 Å². The van der Waals surface area contributed by atoms with Gasteiger partial charge in [0.05, 0.1) is 25.2 Å². The number of carbonyl (C=O) groups is 1. The van der Waals surface area contributed by atoms with Gasteiger partial charge in [-0.05, 0) is 29.0 Å². The van der Waals surface area contributed by atoms with Crippen molar-refractivity contribution >= 4 is 29.3 Å². The van der Waals surface area contributed by atoms with Crippen molar-refractivity contribution in [3.63, 3.8) is 0 Å². The molecule has 3 nitrogen and oxygen atoms in total. The molecule has 0 radical (unpaired) electrons. The predicted octanol–water partition coefficient (Wildman–Crippen LogP) is 3.62. The predicted molar refractivity (Wildman–Crippen MR) is 68.3 cm³/mol. The van der Waals surface area contributed by atoms with Gasteiger partial charge in [0.2, 0.25) is 0 Å². The molecule has 108 valence electrons. The van der Waals surface area contributed by atoms with Crippen LogP contribution in [-0.2, 0) is 21.8 Å². The standard InChI is InChI=1S/C12H9ClF3NO2S/c1-19-11(18)4-8-9(6-17)7(5-13)2-3-10(8)20-12(14,15)16/h2-3H,4-5H2,1H3. The lowest BCUT2D eigenvalue weighted by atomic mass is 10.0. The monoisotopic (exact) mass is 323 g/mol. The third kappa shape index (κ3) is 4.32. The molecule has 1 aromatic carbocycles. The van der Waals surface area contributed by atoms with E-state index in [1.54, 1.807) is 6.07 Å². The van der Waals surface area contributed by atoms with Crippen LogP contribution in [0.15, 0.2) is 17.0 Å². The van der Waals surface area contributed by atoms with Crippen LogP contribution < -0.4 is 0 Å². The molecule has 0 aliphatic rings. The van der Waals surface area contributed by atoms with E-state index < -0.39 is 17.9 Å². The average Bonchev–Trinajstić information content (AvgIpc) is 2.38. The van der Waals surface area contributed by atoms with Gasteiger partial charge in [-0.15, -0.1) is 11.6 Å². The maximum Gasteiger partial charge on any atom is 0.446 e. The Morgan fingerprint density at radius 2 is 2.15 bits per heavy atom. The summed E-state index contributed by atoms with van der Waals surface area (Å²) in [6, 6.07) is 4.35. The number of nitriles is 1. The number of esters is 1. The van der Waals surface area contributed by atoms with Crippen molar-refractivity contribution in [3.05, 3.63) is 28.8 Å². The molecule has 0 aromatic heterocycles. The molecule has 0 fully saturated rings. The molecular weight excluding hydrogens is 315 g/mol. The van der Waals surface area contributed by atoms with Gasteiger partial charge in [0.1, 0.15) is 0 Å². The minimum Gasteiger partial charge on any atom is -0.469 e. The highest BCUT2D eigenvalue weighted by Crippen LogP contribution is 2.40. The number of alkyl halides is 4. The quantitative estimate of drug-likeness (QED) is 0.482. The lowest BCUT2D eigenvalue weighted by Gasteiger charge is -2.14.